The fraction of sp³-hybridized carbons (Fsp3) is 0.318. The second-order valence-electron chi connectivity index (χ2n) is 8.67. The third-order valence-corrected chi connectivity index (χ3v) is 7.92. The Labute approximate surface area is 197 Å². The van der Waals surface area contributed by atoms with Crippen LogP contribution in [-0.4, -0.2) is 46.5 Å². The van der Waals surface area contributed by atoms with Crippen LogP contribution in [0, 0.1) is 6.92 Å². The molecule has 5 heterocycles. The number of anilines is 1. The number of benzene rings is 1. The first-order valence-corrected chi connectivity index (χ1v) is 12.3. The monoisotopic (exact) mass is 479 g/mol. The largest absolute Gasteiger partial charge is 0.370 e. The highest BCUT2D eigenvalue weighted by Crippen LogP contribution is 2.41. The number of hydrogen-bond acceptors (Lipinski definition) is 8. The molecule has 0 saturated carbocycles. The van der Waals surface area contributed by atoms with Gasteiger partial charge in [-0.3, -0.25) is 4.79 Å². The van der Waals surface area contributed by atoms with Crippen LogP contribution in [0.1, 0.15) is 29.9 Å². The van der Waals surface area contributed by atoms with Crippen molar-refractivity contribution in [2.75, 3.05) is 11.1 Å². The number of amides is 1. The van der Waals surface area contributed by atoms with E-state index in [0.717, 1.165) is 33.5 Å². The molecular formula is C22H21N7O2S2. The van der Waals surface area contributed by atoms with Gasteiger partial charge in [0.05, 0.1) is 23.3 Å². The first kappa shape index (κ1) is 20.6. The van der Waals surface area contributed by atoms with Crippen LogP contribution in [0.3, 0.4) is 0 Å². The quantitative estimate of drug-likeness (QED) is 0.391. The molecular weight excluding hydrogens is 458 g/mol. The van der Waals surface area contributed by atoms with Crippen LogP contribution < -0.4 is 5.32 Å². The summed E-state index contributed by atoms with van der Waals surface area (Å²) >= 11 is 3.02. The summed E-state index contributed by atoms with van der Waals surface area (Å²) in [5.41, 5.74) is 3.61. The van der Waals surface area contributed by atoms with Crippen LogP contribution in [0.5, 0.6) is 0 Å². The van der Waals surface area contributed by atoms with Crippen molar-refractivity contribution in [1.29, 1.82) is 0 Å². The number of fused-ring (bicyclic) bond motifs is 8. The van der Waals surface area contributed by atoms with Crippen LogP contribution >= 0.6 is 23.1 Å². The minimum Gasteiger partial charge on any atom is -0.370 e. The Morgan fingerprint density at radius 1 is 1.30 bits per heavy atom. The lowest BCUT2D eigenvalue weighted by Crippen LogP contribution is -2.31. The SMILES string of the molecule is Cc1ccccc1NC(=O)CSc1nnc2n3ncnc3c3c4c(sc3n12)COC(C)(C)C4. The highest BCUT2D eigenvalue weighted by atomic mass is 32.2. The van der Waals surface area contributed by atoms with E-state index < -0.39 is 0 Å². The maximum Gasteiger partial charge on any atom is 0.260 e. The molecule has 5 aromatic rings. The van der Waals surface area contributed by atoms with Gasteiger partial charge in [-0.1, -0.05) is 30.0 Å². The highest BCUT2D eigenvalue weighted by molar-refractivity contribution is 7.99. The average Bonchev–Trinajstić information content (AvgIpc) is 3.49. The van der Waals surface area contributed by atoms with Crippen LogP contribution in [0.15, 0.2) is 35.7 Å². The smallest absolute Gasteiger partial charge is 0.260 e. The average molecular weight is 480 g/mol. The maximum atomic E-state index is 12.6. The predicted molar refractivity (Wildman–Crippen MR) is 128 cm³/mol. The molecule has 0 atom stereocenters. The molecule has 1 aliphatic heterocycles. The van der Waals surface area contributed by atoms with Crippen molar-refractivity contribution in [3.63, 3.8) is 0 Å². The molecule has 168 valence electrons. The van der Waals surface area contributed by atoms with Gasteiger partial charge in [0.15, 0.2) is 10.8 Å². The summed E-state index contributed by atoms with van der Waals surface area (Å²) in [6, 6.07) is 7.73. The lowest BCUT2D eigenvalue weighted by atomic mass is 9.94. The number of aromatic nitrogens is 6. The van der Waals surface area contributed by atoms with E-state index in [2.05, 4.69) is 39.4 Å². The van der Waals surface area contributed by atoms with E-state index in [0.29, 0.717) is 17.5 Å². The molecule has 4 aromatic heterocycles. The summed E-state index contributed by atoms with van der Waals surface area (Å²) in [6.07, 6.45) is 2.33. The van der Waals surface area contributed by atoms with E-state index in [1.807, 2.05) is 35.6 Å². The van der Waals surface area contributed by atoms with Gasteiger partial charge in [0, 0.05) is 17.0 Å². The van der Waals surface area contributed by atoms with Crippen LogP contribution in [0.25, 0.3) is 21.6 Å². The second-order valence-corrected chi connectivity index (χ2v) is 10.7. The Balaban J connectivity index is 1.41. The number of ether oxygens (including phenoxy) is 1. The van der Waals surface area contributed by atoms with Gasteiger partial charge in [-0.05, 0) is 38.0 Å². The third-order valence-electron chi connectivity index (χ3n) is 5.80. The van der Waals surface area contributed by atoms with Crippen LogP contribution in [-0.2, 0) is 22.6 Å². The van der Waals surface area contributed by atoms with E-state index in [4.69, 9.17) is 4.74 Å². The molecule has 1 N–H and O–H groups in total. The molecule has 1 aromatic carbocycles. The minimum absolute atomic E-state index is 0.0928. The Morgan fingerprint density at radius 3 is 3.00 bits per heavy atom. The number of aryl methyl sites for hydroxylation is 1. The zero-order valence-corrected chi connectivity index (χ0v) is 20.0. The van der Waals surface area contributed by atoms with E-state index >= 15 is 0 Å². The lowest BCUT2D eigenvalue weighted by molar-refractivity contribution is -0.113. The molecule has 9 nitrogen and oxygen atoms in total. The number of carbonyl (C=O) groups excluding carboxylic acids is 1. The summed E-state index contributed by atoms with van der Waals surface area (Å²) < 4.78 is 9.76. The Hall–Kier alpha value is -3.02. The van der Waals surface area contributed by atoms with E-state index in [-0.39, 0.29) is 17.3 Å². The van der Waals surface area contributed by atoms with Crippen molar-refractivity contribution in [3.8, 4) is 0 Å². The third kappa shape index (κ3) is 3.38. The van der Waals surface area contributed by atoms with Gasteiger partial charge in [-0.2, -0.15) is 9.61 Å². The van der Waals surface area contributed by atoms with Crippen molar-refractivity contribution in [2.45, 2.75) is 44.6 Å². The topological polar surface area (TPSA) is 98.7 Å². The summed E-state index contributed by atoms with van der Waals surface area (Å²) in [6.45, 7) is 6.74. The predicted octanol–water partition coefficient (Wildman–Crippen LogP) is 3.88. The minimum atomic E-state index is -0.245. The molecule has 33 heavy (non-hydrogen) atoms. The van der Waals surface area contributed by atoms with Gasteiger partial charge in [0.2, 0.25) is 5.91 Å². The van der Waals surface area contributed by atoms with Crippen molar-refractivity contribution in [1.82, 2.24) is 29.2 Å². The molecule has 1 amide bonds. The number of nitrogens with zero attached hydrogens (tertiary/aromatic N) is 6. The number of para-hydroxylation sites is 1. The van der Waals surface area contributed by atoms with Crippen molar-refractivity contribution < 1.29 is 9.53 Å². The first-order valence-electron chi connectivity index (χ1n) is 10.5. The highest BCUT2D eigenvalue weighted by Gasteiger charge is 2.32. The Morgan fingerprint density at radius 2 is 2.15 bits per heavy atom. The van der Waals surface area contributed by atoms with Gasteiger partial charge in [0.1, 0.15) is 11.2 Å². The Kier molecular flexibility index (Phi) is 4.68. The van der Waals surface area contributed by atoms with Gasteiger partial charge in [-0.25, -0.2) is 9.38 Å². The first-order chi connectivity index (χ1) is 15.9. The van der Waals surface area contributed by atoms with Gasteiger partial charge < -0.3 is 10.1 Å². The number of thioether (sulfide) groups is 1. The zero-order valence-electron chi connectivity index (χ0n) is 18.3. The fourth-order valence-corrected chi connectivity index (χ4v) is 6.20. The van der Waals surface area contributed by atoms with E-state index in [9.17, 15) is 4.79 Å². The summed E-state index contributed by atoms with van der Waals surface area (Å²) in [5.74, 6) is 0.702. The number of nitrogens with one attached hydrogen (secondary N) is 1. The van der Waals surface area contributed by atoms with E-state index in [1.54, 1.807) is 22.2 Å². The fourth-order valence-electron chi connectivity index (χ4n) is 4.19. The number of rotatable bonds is 4. The van der Waals surface area contributed by atoms with Crippen LogP contribution in [0.4, 0.5) is 5.69 Å². The summed E-state index contributed by atoms with van der Waals surface area (Å²) in [7, 11) is 0. The summed E-state index contributed by atoms with van der Waals surface area (Å²) in [4.78, 5) is 19.3. The molecule has 0 radical (unpaired) electrons. The standard InChI is InChI=1S/C22H21N7O2S2/c1-12-6-4-5-7-14(12)25-16(30)10-32-21-27-26-20-28(21)19-17(18-23-11-24-29(18)20)13-8-22(2,3)31-9-15(13)33-19/h4-7,11H,8-10H2,1-3H3,(H,25,30). The molecule has 6 rings (SSSR count). The maximum absolute atomic E-state index is 12.6. The Bertz CT molecular complexity index is 1550. The van der Waals surface area contributed by atoms with Crippen LogP contribution in [0.2, 0.25) is 0 Å². The molecule has 0 aliphatic carbocycles. The molecule has 0 bridgehead atoms. The number of carbonyl (C=O) groups is 1. The molecule has 11 heteroatoms. The van der Waals surface area contributed by atoms with Gasteiger partial charge >= 0.3 is 0 Å². The molecule has 0 spiro atoms. The number of thiophene rings is 1. The van der Waals surface area contributed by atoms with Crippen molar-refractivity contribution >= 4 is 56.3 Å². The normalized spacial score (nSPS) is 15.4. The summed E-state index contributed by atoms with van der Waals surface area (Å²) in [5, 5.41) is 17.8. The number of hydrogen-bond donors (Lipinski definition) is 1. The molecule has 0 fully saturated rings. The molecule has 1 aliphatic rings. The van der Waals surface area contributed by atoms with Gasteiger partial charge in [-0.15, -0.1) is 21.5 Å². The van der Waals surface area contributed by atoms with Crippen molar-refractivity contribution in [2.24, 2.45) is 0 Å². The van der Waals surface area contributed by atoms with Crippen molar-refractivity contribution in [3.05, 3.63) is 46.6 Å². The molecule has 0 saturated heterocycles. The van der Waals surface area contributed by atoms with Gasteiger partial charge in [0.25, 0.3) is 5.78 Å². The second kappa shape index (κ2) is 7.51. The zero-order chi connectivity index (χ0) is 22.7. The van der Waals surface area contributed by atoms with E-state index in [1.165, 1.54) is 22.2 Å². The lowest BCUT2D eigenvalue weighted by Gasteiger charge is -2.30. The molecule has 0 unspecified atom stereocenters.